The van der Waals surface area contributed by atoms with Crippen LogP contribution in [0.2, 0.25) is 10.0 Å². The summed E-state index contributed by atoms with van der Waals surface area (Å²) in [6.45, 7) is 0. The van der Waals surface area contributed by atoms with E-state index in [1.165, 1.54) is 13.2 Å². The number of halogens is 4. The first-order valence-electron chi connectivity index (χ1n) is 9.58. The SMILES string of the molecule is COc1cccc(-c2c(OC)nc(Oc3ccc(F)c(F)c3)nc2-c2ccc(Cl)cc2Cl)c1. The van der Waals surface area contributed by atoms with Crippen molar-refractivity contribution in [2.45, 2.75) is 0 Å². The topological polar surface area (TPSA) is 53.5 Å². The summed E-state index contributed by atoms with van der Waals surface area (Å²) in [7, 11) is 3.00. The molecule has 0 bridgehead atoms. The first kappa shape index (κ1) is 22.8. The van der Waals surface area contributed by atoms with Gasteiger partial charge in [-0.15, -0.1) is 0 Å². The van der Waals surface area contributed by atoms with E-state index in [-0.39, 0.29) is 17.6 Å². The fourth-order valence-corrected chi connectivity index (χ4v) is 3.67. The lowest BCUT2D eigenvalue weighted by Crippen LogP contribution is -2.02. The first-order chi connectivity index (χ1) is 15.9. The van der Waals surface area contributed by atoms with Crippen molar-refractivity contribution in [2.24, 2.45) is 0 Å². The summed E-state index contributed by atoms with van der Waals surface area (Å²) in [4.78, 5) is 8.85. The second kappa shape index (κ2) is 9.60. The Labute approximate surface area is 198 Å². The van der Waals surface area contributed by atoms with Gasteiger partial charge in [0.1, 0.15) is 11.5 Å². The van der Waals surface area contributed by atoms with Crippen molar-refractivity contribution >= 4 is 23.2 Å². The summed E-state index contributed by atoms with van der Waals surface area (Å²) < 4.78 is 43.5. The number of ether oxygens (including phenoxy) is 3. The highest BCUT2D eigenvalue weighted by Crippen LogP contribution is 2.42. The zero-order valence-electron chi connectivity index (χ0n) is 17.4. The molecule has 0 aliphatic heterocycles. The molecule has 33 heavy (non-hydrogen) atoms. The standard InChI is InChI=1S/C24H16Cl2F2N2O3/c1-31-15-5-3-4-13(10-15)21-22(17-8-6-14(25)11-18(17)26)29-24(30-23(21)32-2)33-16-7-9-19(27)20(28)12-16/h3-12H,1-2H3. The van der Waals surface area contributed by atoms with E-state index >= 15 is 0 Å². The Morgan fingerprint density at radius 1 is 0.788 bits per heavy atom. The van der Waals surface area contributed by atoms with Crippen LogP contribution in [-0.4, -0.2) is 24.2 Å². The lowest BCUT2D eigenvalue weighted by atomic mass is 10.00. The molecule has 0 amide bonds. The average molecular weight is 489 g/mol. The minimum Gasteiger partial charge on any atom is -0.497 e. The van der Waals surface area contributed by atoms with Crippen molar-refractivity contribution in [1.29, 1.82) is 0 Å². The molecule has 0 saturated carbocycles. The number of rotatable bonds is 6. The summed E-state index contributed by atoms with van der Waals surface area (Å²) in [6.07, 6.45) is 0. The average Bonchev–Trinajstić information content (AvgIpc) is 2.81. The van der Waals surface area contributed by atoms with Crippen LogP contribution in [-0.2, 0) is 0 Å². The van der Waals surface area contributed by atoms with Crippen LogP contribution < -0.4 is 14.2 Å². The molecule has 4 aromatic rings. The summed E-state index contributed by atoms with van der Waals surface area (Å²) in [5, 5.41) is 0.789. The lowest BCUT2D eigenvalue weighted by molar-refractivity contribution is 0.377. The van der Waals surface area contributed by atoms with Gasteiger partial charge in [-0.05, 0) is 48.0 Å². The largest absolute Gasteiger partial charge is 0.497 e. The molecule has 0 unspecified atom stereocenters. The van der Waals surface area contributed by atoms with Crippen LogP contribution in [0.4, 0.5) is 8.78 Å². The molecule has 0 N–H and O–H groups in total. The maximum atomic E-state index is 13.7. The van der Waals surface area contributed by atoms with Crippen LogP contribution in [0.25, 0.3) is 22.4 Å². The number of nitrogens with zero attached hydrogens (tertiary/aromatic N) is 2. The highest BCUT2D eigenvalue weighted by molar-refractivity contribution is 6.36. The molecule has 1 heterocycles. The van der Waals surface area contributed by atoms with Gasteiger partial charge in [0.05, 0.1) is 30.5 Å². The van der Waals surface area contributed by atoms with Gasteiger partial charge in [0.15, 0.2) is 11.6 Å². The number of aromatic nitrogens is 2. The minimum atomic E-state index is -1.06. The van der Waals surface area contributed by atoms with Crippen molar-refractivity contribution in [2.75, 3.05) is 14.2 Å². The predicted molar refractivity (Wildman–Crippen MR) is 122 cm³/mol. The molecule has 5 nitrogen and oxygen atoms in total. The monoisotopic (exact) mass is 488 g/mol. The van der Waals surface area contributed by atoms with Crippen LogP contribution in [0.5, 0.6) is 23.4 Å². The molecule has 1 aromatic heterocycles. The van der Waals surface area contributed by atoms with Gasteiger partial charge in [0.2, 0.25) is 5.88 Å². The predicted octanol–water partition coefficient (Wildman–Crippen LogP) is 7.21. The molecule has 0 spiro atoms. The smallest absolute Gasteiger partial charge is 0.325 e. The third kappa shape index (κ3) is 4.84. The fourth-order valence-electron chi connectivity index (χ4n) is 3.17. The molecule has 0 saturated heterocycles. The summed E-state index contributed by atoms with van der Waals surface area (Å²) in [6, 6.07) is 15.2. The molecule has 0 atom stereocenters. The van der Waals surface area contributed by atoms with Crippen molar-refractivity contribution < 1.29 is 23.0 Å². The number of hydrogen-bond donors (Lipinski definition) is 0. The third-order valence-corrected chi connectivity index (χ3v) is 5.24. The highest BCUT2D eigenvalue weighted by atomic mass is 35.5. The third-order valence-electron chi connectivity index (χ3n) is 4.69. The Kier molecular flexibility index (Phi) is 6.62. The maximum absolute atomic E-state index is 13.7. The number of hydrogen-bond acceptors (Lipinski definition) is 5. The van der Waals surface area contributed by atoms with Crippen LogP contribution in [0.1, 0.15) is 0 Å². The van der Waals surface area contributed by atoms with E-state index < -0.39 is 11.6 Å². The molecule has 0 aliphatic rings. The molecule has 0 radical (unpaired) electrons. The van der Waals surface area contributed by atoms with Crippen molar-refractivity contribution in [3.63, 3.8) is 0 Å². The molecule has 0 fully saturated rings. The van der Waals surface area contributed by atoms with Crippen LogP contribution in [0.15, 0.2) is 60.7 Å². The Morgan fingerprint density at radius 2 is 1.61 bits per heavy atom. The molecule has 4 rings (SSSR count). The number of methoxy groups -OCH3 is 2. The summed E-state index contributed by atoms with van der Waals surface area (Å²) in [5.41, 5.74) is 2.15. The summed E-state index contributed by atoms with van der Waals surface area (Å²) >= 11 is 12.6. The minimum absolute atomic E-state index is 0.0123. The van der Waals surface area contributed by atoms with Crippen LogP contribution in [0, 0.1) is 11.6 Å². The Hall–Kier alpha value is -3.42. The van der Waals surface area contributed by atoms with Crippen molar-refractivity contribution in [3.8, 4) is 45.8 Å². The van der Waals surface area contributed by atoms with Crippen LogP contribution in [0.3, 0.4) is 0 Å². The molecule has 168 valence electrons. The zero-order chi connectivity index (χ0) is 23.5. The Bertz CT molecular complexity index is 1340. The fraction of sp³-hybridized carbons (Fsp3) is 0.0833. The molecule has 0 aliphatic carbocycles. The molecular weight excluding hydrogens is 473 g/mol. The van der Waals surface area contributed by atoms with Gasteiger partial charge in [-0.1, -0.05) is 35.3 Å². The van der Waals surface area contributed by atoms with E-state index in [4.69, 9.17) is 37.4 Å². The zero-order valence-corrected chi connectivity index (χ0v) is 18.9. The molecular formula is C24H16Cl2F2N2O3. The van der Waals surface area contributed by atoms with Gasteiger partial charge in [-0.2, -0.15) is 9.97 Å². The van der Waals surface area contributed by atoms with E-state index in [1.54, 1.807) is 37.4 Å². The second-order valence-corrected chi connectivity index (χ2v) is 7.62. The first-order valence-corrected chi connectivity index (χ1v) is 10.3. The summed E-state index contributed by atoms with van der Waals surface area (Å²) in [5.74, 6) is -1.25. The van der Waals surface area contributed by atoms with Gasteiger partial charge >= 0.3 is 6.01 Å². The highest BCUT2D eigenvalue weighted by Gasteiger charge is 2.22. The second-order valence-electron chi connectivity index (χ2n) is 6.77. The van der Waals surface area contributed by atoms with Gasteiger partial charge in [-0.25, -0.2) is 8.78 Å². The van der Waals surface area contributed by atoms with Gasteiger partial charge in [0, 0.05) is 16.7 Å². The van der Waals surface area contributed by atoms with Crippen LogP contribution >= 0.6 is 23.2 Å². The number of benzene rings is 3. The Morgan fingerprint density at radius 3 is 2.30 bits per heavy atom. The normalized spacial score (nSPS) is 10.7. The van der Waals surface area contributed by atoms with E-state index in [2.05, 4.69) is 9.97 Å². The van der Waals surface area contributed by atoms with E-state index in [0.717, 1.165) is 12.1 Å². The molecule has 3 aromatic carbocycles. The Balaban J connectivity index is 1.93. The van der Waals surface area contributed by atoms with E-state index in [9.17, 15) is 8.78 Å². The van der Waals surface area contributed by atoms with Gasteiger partial charge < -0.3 is 14.2 Å². The quantitative estimate of drug-likeness (QED) is 0.287. The van der Waals surface area contributed by atoms with Gasteiger partial charge in [-0.3, -0.25) is 0 Å². The molecule has 9 heteroatoms. The van der Waals surface area contributed by atoms with Crippen molar-refractivity contribution in [1.82, 2.24) is 9.97 Å². The van der Waals surface area contributed by atoms with Gasteiger partial charge in [0.25, 0.3) is 0 Å². The van der Waals surface area contributed by atoms with E-state index in [1.807, 2.05) is 12.1 Å². The maximum Gasteiger partial charge on any atom is 0.325 e. The van der Waals surface area contributed by atoms with Crippen molar-refractivity contribution in [3.05, 3.63) is 82.3 Å². The van der Waals surface area contributed by atoms with E-state index in [0.29, 0.717) is 38.2 Å². The lowest BCUT2D eigenvalue weighted by Gasteiger charge is -2.16.